The highest BCUT2D eigenvalue weighted by Gasteiger charge is 2.23. The van der Waals surface area contributed by atoms with Crippen LogP contribution in [0.25, 0.3) is 10.9 Å². The molecule has 200 valence electrons. The van der Waals surface area contributed by atoms with E-state index in [0.29, 0.717) is 35.0 Å². The quantitative estimate of drug-likeness (QED) is 0.385. The Kier molecular flexibility index (Phi) is 8.43. The highest BCUT2D eigenvalue weighted by molar-refractivity contribution is 5.90. The number of hydrogen-bond acceptors (Lipinski definition) is 10. The molecular weight excluding hydrogens is 482 g/mol. The lowest BCUT2D eigenvalue weighted by molar-refractivity contribution is 0.113. The molecule has 0 spiro atoms. The fourth-order valence-electron chi connectivity index (χ4n) is 5.25. The van der Waals surface area contributed by atoms with E-state index in [1.807, 2.05) is 12.1 Å². The van der Waals surface area contributed by atoms with Crippen molar-refractivity contribution in [3.05, 3.63) is 46.4 Å². The zero-order valence-electron chi connectivity index (χ0n) is 21.6. The monoisotopic (exact) mass is 517 g/mol. The number of nitrogens with one attached hydrogen (secondary N) is 2. The number of hydrogen-bond donors (Lipinski definition) is 3. The first kappa shape index (κ1) is 26.0. The average molecular weight is 518 g/mol. The van der Waals surface area contributed by atoms with Crippen LogP contribution in [0, 0.1) is 17.2 Å². The third-order valence-corrected chi connectivity index (χ3v) is 7.60. The van der Waals surface area contributed by atoms with E-state index in [1.54, 1.807) is 6.20 Å². The number of anilines is 3. The number of nitrogens with zero attached hydrogens (tertiary/aromatic N) is 7. The molecule has 0 saturated carbocycles. The molecule has 5 rings (SSSR count). The van der Waals surface area contributed by atoms with Crippen LogP contribution in [-0.2, 0) is 6.42 Å². The summed E-state index contributed by atoms with van der Waals surface area (Å²) in [5, 5.41) is 28.3. The number of nitriles is 1. The fourth-order valence-corrected chi connectivity index (χ4v) is 5.25. The van der Waals surface area contributed by atoms with Crippen LogP contribution < -0.4 is 15.8 Å². The van der Waals surface area contributed by atoms with Gasteiger partial charge in [-0.25, -0.2) is 10.1 Å². The van der Waals surface area contributed by atoms with Gasteiger partial charge >= 0.3 is 0 Å². The Morgan fingerprint density at radius 1 is 1.03 bits per heavy atom. The molecule has 0 amide bonds. The van der Waals surface area contributed by atoms with Crippen LogP contribution in [-0.4, -0.2) is 94.0 Å². The maximum atomic E-state index is 12.6. The van der Waals surface area contributed by atoms with Gasteiger partial charge in [-0.2, -0.15) is 15.3 Å². The summed E-state index contributed by atoms with van der Waals surface area (Å²) in [6, 6.07) is 10.5. The van der Waals surface area contributed by atoms with Gasteiger partial charge in [0.25, 0.3) is 5.56 Å². The summed E-state index contributed by atoms with van der Waals surface area (Å²) in [5.74, 6) is 1.44. The van der Waals surface area contributed by atoms with Gasteiger partial charge in [-0.3, -0.25) is 9.69 Å². The molecule has 0 atom stereocenters. The van der Waals surface area contributed by atoms with Crippen molar-refractivity contribution in [1.82, 2.24) is 30.0 Å². The molecule has 2 aromatic heterocycles. The summed E-state index contributed by atoms with van der Waals surface area (Å²) in [7, 11) is 0. The summed E-state index contributed by atoms with van der Waals surface area (Å²) in [5.41, 5.74) is 2.27. The summed E-state index contributed by atoms with van der Waals surface area (Å²) < 4.78 is 0. The van der Waals surface area contributed by atoms with E-state index in [2.05, 4.69) is 53.4 Å². The third-order valence-electron chi connectivity index (χ3n) is 7.60. The number of aliphatic hydroxyl groups is 1. The maximum Gasteiger partial charge on any atom is 0.277 e. The highest BCUT2D eigenvalue weighted by Crippen LogP contribution is 2.27. The van der Waals surface area contributed by atoms with Crippen molar-refractivity contribution in [2.75, 3.05) is 69.2 Å². The molecule has 11 heteroatoms. The number of H-pyrrole nitrogens is 1. The van der Waals surface area contributed by atoms with Gasteiger partial charge in [-0.05, 0) is 42.9 Å². The number of aromatic amines is 1. The van der Waals surface area contributed by atoms with E-state index in [1.165, 1.54) is 5.56 Å². The van der Waals surface area contributed by atoms with Gasteiger partial charge in [0.05, 0.1) is 18.9 Å². The first-order valence-electron chi connectivity index (χ1n) is 13.4. The lowest BCUT2D eigenvalue weighted by Gasteiger charge is -2.34. The Balaban J connectivity index is 1.26. The molecule has 2 aliphatic heterocycles. The molecule has 2 fully saturated rings. The largest absolute Gasteiger partial charge is 0.395 e. The predicted molar refractivity (Wildman–Crippen MR) is 147 cm³/mol. The van der Waals surface area contributed by atoms with Crippen LogP contribution in [0.5, 0.6) is 0 Å². The minimum absolute atomic E-state index is 0.222. The van der Waals surface area contributed by atoms with Gasteiger partial charge < -0.3 is 20.2 Å². The van der Waals surface area contributed by atoms with E-state index in [9.17, 15) is 4.79 Å². The summed E-state index contributed by atoms with van der Waals surface area (Å²) in [6.07, 6.45) is 4.95. The van der Waals surface area contributed by atoms with Crippen LogP contribution in [0.1, 0.15) is 24.8 Å². The van der Waals surface area contributed by atoms with Crippen molar-refractivity contribution >= 4 is 28.4 Å². The lowest BCUT2D eigenvalue weighted by atomic mass is 9.94. The standard InChI is InChI=1S/C27H35N9O2/c28-9-5-21-7-11-36(12-8-21)27-31-23-19-29-33-26(38)24(23)25(32-27)30-22-3-1-20(2-4-22)6-10-34-13-15-35(16-14-34)17-18-37/h1-4,19,21,37H,5-8,10-18H2,(H,33,38)(H,30,31,32). The van der Waals surface area contributed by atoms with Crippen molar-refractivity contribution < 1.29 is 5.11 Å². The summed E-state index contributed by atoms with van der Waals surface area (Å²) in [4.78, 5) is 28.9. The highest BCUT2D eigenvalue weighted by atomic mass is 16.3. The molecule has 38 heavy (non-hydrogen) atoms. The van der Waals surface area contributed by atoms with Gasteiger partial charge in [-0.15, -0.1) is 0 Å². The Labute approximate surface area is 222 Å². The van der Waals surface area contributed by atoms with Gasteiger partial charge in [0.2, 0.25) is 5.95 Å². The van der Waals surface area contributed by atoms with E-state index in [0.717, 1.165) is 77.3 Å². The van der Waals surface area contributed by atoms with Crippen molar-refractivity contribution in [3.63, 3.8) is 0 Å². The van der Waals surface area contributed by atoms with Crippen molar-refractivity contribution in [3.8, 4) is 6.07 Å². The number of benzene rings is 1. The van der Waals surface area contributed by atoms with Gasteiger partial charge in [0, 0.05) is 64.5 Å². The molecule has 3 aromatic rings. The molecule has 0 radical (unpaired) electrons. The van der Waals surface area contributed by atoms with Crippen LogP contribution in [0.4, 0.5) is 17.5 Å². The SMILES string of the molecule is N#CCC1CCN(c2nc(Nc3ccc(CCN4CCN(CCO)CC4)cc3)c3c(=O)[nH]ncc3n2)CC1. The summed E-state index contributed by atoms with van der Waals surface area (Å²) in [6.45, 7) is 7.61. The molecule has 3 N–H and O–H groups in total. The van der Waals surface area contributed by atoms with Gasteiger partial charge in [0.1, 0.15) is 16.7 Å². The summed E-state index contributed by atoms with van der Waals surface area (Å²) >= 11 is 0. The molecule has 1 aromatic carbocycles. The molecule has 4 heterocycles. The molecule has 0 unspecified atom stereocenters. The van der Waals surface area contributed by atoms with E-state index in [-0.39, 0.29) is 12.2 Å². The fraction of sp³-hybridized carbons (Fsp3) is 0.519. The van der Waals surface area contributed by atoms with Crippen LogP contribution in [0.15, 0.2) is 35.3 Å². The lowest BCUT2D eigenvalue weighted by Crippen LogP contribution is -2.47. The van der Waals surface area contributed by atoms with E-state index in [4.69, 9.17) is 15.4 Å². The predicted octanol–water partition coefficient (Wildman–Crippen LogP) is 1.74. The smallest absolute Gasteiger partial charge is 0.277 e. The normalized spacial score (nSPS) is 17.5. The number of aromatic nitrogens is 4. The number of aliphatic hydroxyl groups excluding tert-OH is 1. The first-order valence-corrected chi connectivity index (χ1v) is 13.4. The van der Waals surface area contributed by atoms with E-state index < -0.39 is 0 Å². The van der Waals surface area contributed by atoms with Gasteiger partial charge in [-0.1, -0.05) is 12.1 Å². The van der Waals surface area contributed by atoms with Crippen molar-refractivity contribution in [2.24, 2.45) is 5.92 Å². The van der Waals surface area contributed by atoms with Gasteiger partial charge in [0.15, 0.2) is 0 Å². The van der Waals surface area contributed by atoms with Crippen LogP contribution >= 0.6 is 0 Å². The number of piperidine rings is 1. The van der Waals surface area contributed by atoms with Crippen molar-refractivity contribution in [1.29, 1.82) is 5.26 Å². The second-order valence-corrected chi connectivity index (χ2v) is 10.1. The number of fused-ring (bicyclic) bond motifs is 1. The number of piperazine rings is 1. The molecule has 0 bridgehead atoms. The topological polar surface area (TPSA) is 137 Å². The molecule has 2 saturated heterocycles. The minimum atomic E-state index is -0.333. The van der Waals surface area contributed by atoms with Crippen LogP contribution in [0.2, 0.25) is 0 Å². The number of rotatable bonds is 9. The molecular formula is C27H35N9O2. The Morgan fingerprint density at radius 3 is 2.42 bits per heavy atom. The van der Waals surface area contributed by atoms with Crippen molar-refractivity contribution in [2.45, 2.75) is 25.7 Å². The molecule has 11 nitrogen and oxygen atoms in total. The Bertz CT molecular complexity index is 1300. The second-order valence-electron chi connectivity index (χ2n) is 10.1. The maximum absolute atomic E-state index is 12.6. The van der Waals surface area contributed by atoms with E-state index >= 15 is 0 Å². The Morgan fingerprint density at radius 2 is 1.74 bits per heavy atom. The minimum Gasteiger partial charge on any atom is -0.395 e. The number of β-amino-alcohol motifs (C(OH)–C–C–N with tert-alkyl or cyclic N) is 1. The molecule has 0 aliphatic carbocycles. The zero-order valence-corrected chi connectivity index (χ0v) is 21.6. The average Bonchev–Trinajstić information content (AvgIpc) is 2.94. The van der Waals surface area contributed by atoms with Crippen LogP contribution in [0.3, 0.4) is 0 Å². The molecule has 2 aliphatic rings. The zero-order chi connectivity index (χ0) is 26.3. The Hall–Kier alpha value is -3.59. The second kappa shape index (κ2) is 12.3. The third kappa shape index (κ3) is 6.27. The first-order chi connectivity index (χ1) is 18.6.